The highest BCUT2D eigenvalue weighted by Crippen LogP contribution is 2.40. The molecule has 46 heavy (non-hydrogen) atoms. The standard InChI is InChI=1S/C36H52N10/c1-39-12-20-43(21-13-39)35(44-22-14-40(2)15-23-44)37-32-11-7-10-31-30-9-6-5-8-29(30)28-33(34(31)32)38-36(45-24-16-41(3)17-25-45)46-26-18-42(4)19-27-46/h5-11,28H,12-27H2,1-4H3. The second kappa shape index (κ2) is 13.7. The van der Waals surface area contributed by atoms with Crippen molar-refractivity contribution in [2.75, 3.05) is 133 Å². The van der Waals surface area contributed by atoms with Gasteiger partial charge in [-0.15, -0.1) is 0 Å². The largest absolute Gasteiger partial charge is 0.340 e. The van der Waals surface area contributed by atoms with Gasteiger partial charge in [-0.3, -0.25) is 0 Å². The molecule has 0 aromatic heterocycles. The number of rotatable bonds is 2. The van der Waals surface area contributed by atoms with Crippen LogP contribution in [0.5, 0.6) is 0 Å². The Labute approximate surface area is 275 Å². The van der Waals surface area contributed by atoms with Crippen molar-refractivity contribution in [2.24, 2.45) is 9.98 Å². The minimum Gasteiger partial charge on any atom is -0.340 e. The summed E-state index contributed by atoms with van der Waals surface area (Å²) >= 11 is 0. The Balaban J connectivity index is 1.39. The smallest absolute Gasteiger partial charge is 0.202 e. The topological polar surface area (TPSA) is 50.6 Å². The Bertz CT molecular complexity index is 1510. The molecule has 10 heteroatoms. The summed E-state index contributed by atoms with van der Waals surface area (Å²) in [5.41, 5.74) is 2.04. The Kier molecular flexibility index (Phi) is 9.31. The highest BCUT2D eigenvalue weighted by Gasteiger charge is 2.28. The fraction of sp³-hybridized carbons (Fsp3) is 0.556. The van der Waals surface area contributed by atoms with Crippen molar-refractivity contribution >= 4 is 44.8 Å². The molecule has 3 aromatic rings. The number of benzene rings is 3. The lowest BCUT2D eigenvalue weighted by Crippen LogP contribution is -2.56. The molecular weight excluding hydrogens is 572 g/mol. The highest BCUT2D eigenvalue weighted by molar-refractivity contribution is 6.17. The lowest BCUT2D eigenvalue weighted by molar-refractivity contribution is 0.168. The van der Waals surface area contributed by atoms with E-state index in [-0.39, 0.29) is 0 Å². The molecule has 0 atom stereocenters. The summed E-state index contributed by atoms with van der Waals surface area (Å²) in [6.45, 7) is 16.4. The van der Waals surface area contributed by atoms with Gasteiger partial charge in [-0.2, -0.15) is 0 Å². The SMILES string of the molecule is CN1CCN(C(=Nc2cccc3c2c(N=C(N2CCN(C)CC2)N2CCN(C)CC2)cc2ccccc23)N2CCN(C)CC2)CC1. The number of likely N-dealkylation sites (N-methyl/N-ethyl adjacent to an activating group) is 4. The van der Waals surface area contributed by atoms with Crippen molar-refractivity contribution in [1.82, 2.24) is 39.2 Å². The maximum Gasteiger partial charge on any atom is 0.202 e. The van der Waals surface area contributed by atoms with Gasteiger partial charge < -0.3 is 39.2 Å². The molecule has 4 aliphatic heterocycles. The van der Waals surface area contributed by atoms with Crippen molar-refractivity contribution in [3.63, 3.8) is 0 Å². The fourth-order valence-corrected chi connectivity index (χ4v) is 7.23. The second-order valence-electron chi connectivity index (χ2n) is 13.8. The Morgan fingerprint density at radius 2 is 0.826 bits per heavy atom. The van der Waals surface area contributed by atoms with E-state index in [1.54, 1.807) is 0 Å². The average molecular weight is 625 g/mol. The molecular formula is C36H52N10. The van der Waals surface area contributed by atoms with E-state index in [4.69, 9.17) is 9.98 Å². The van der Waals surface area contributed by atoms with Crippen molar-refractivity contribution < 1.29 is 0 Å². The summed E-state index contributed by atoms with van der Waals surface area (Å²) in [4.78, 5) is 31.1. The molecule has 4 heterocycles. The average Bonchev–Trinajstić information content (AvgIpc) is 3.08. The summed E-state index contributed by atoms with van der Waals surface area (Å²) in [5, 5.41) is 4.87. The van der Waals surface area contributed by atoms with E-state index in [9.17, 15) is 0 Å². The van der Waals surface area contributed by atoms with Crippen LogP contribution in [0.15, 0.2) is 58.5 Å². The molecule has 0 bridgehead atoms. The van der Waals surface area contributed by atoms with Crippen LogP contribution in [0.4, 0.5) is 11.4 Å². The van der Waals surface area contributed by atoms with Gasteiger partial charge in [0.15, 0.2) is 0 Å². The molecule has 0 saturated carbocycles. The molecule has 0 amide bonds. The van der Waals surface area contributed by atoms with Gasteiger partial charge in [-0.1, -0.05) is 36.4 Å². The quantitative estimate of drug-likeness (QED) is 0.245. The first-order valence-electron chi connectivity index (χ1n) is 17.3. The van der Waals surface area contributed by atoms with Gasteiger partial charge in [0.2, 0.25) is 11.9 Å². The van der Waals surface area contributed by atoms with E-state index in [1.807, 2.05) is 0 Å². The van der Waals surface area contributed by atoms with Crippen molar-refractivity contribution in [1.29, 1.82) is 0 Å². The molecule has 3 aromatic carbocycles. The normalized spacial score (nSPS) is 21.3. The van der Waals surface area contributed by atoms with Crippen LogP contribution >= 0.6 is 0 Å². The zero-order valence-electron chi connectivity index (χ0n) is 28.4. The maximum atomic E-state index is 5.67. The van der Waals surface area contributed by atoms with Crippen molar-refractivity contribution in [3.8, 4) is 0 Å². The van der Waals surface area contributed by atoms with E-state index in [0.29, 0.717) is 0 Å². The molecule has 4 saturated heterocycles. The summed E-state index contributed by atoms with van der Waals surface area (Å²) < 4.78 is 0. The number of nitrogens with zero attached hydrogens (tertiary/aromatic N) is 10. The third kappa shape index (κ3) is 6.67. The summed E-state index contributed by atoms with van der Waals surface area (Å²) in [5.74, 6) is 2.24. The molecule has 0 aliphatic carbocycles. The molecule has 246 valence electrons. The highest BCUT2D eigenvalue weighted by atomic mass is 15.4. The van der Waals surface area contributed by atoms with E-state index < -0.39 is 0 Å². The van der Waals surface area contributed by atoms with Crippen LogP contribution in [0, 0.1) is 0 Å². The molecule has 0 radical (unpaired) electrons. The monoisotopic (exact) mass is 624 g/mol. The number of guanidine groups is 2. The van der Waals surface area contributed by atoms with Gasteiger partial charge in [-0.25, -0.2) is 9.98 Å². The zero-order chi connectivity index (χ0) is 31.6. The van der Waals surface area contributed by atoms with E-state index in [1.165, 1.54) is 16.2 Å². The van der Waals surface area contributed by atoms with E-state index in [2.05, 4.69) is 116 Å². The third-order valence-corrected chi connectivity index (χ3v) is 10.4. The van der Waals surface area contributed by atoms with Gasteiger partial charge >= 0.3 is 0 Å². The summed E-state index contributed by atoms with van der Waals surface area (Å²) in [7, 11) is 8.90. The first-order chi connectivity index (χ1) is 22.4. The predicted molar refractivity (Wildman–Crippen MR) is 192 cm³/mol. The number of aliphatic imine (C=N–C) groups is 2. The minimum atomic E-state index is 0.995. The van der Waals surface area contributed by atoms with Crippen molar-refractivity contribution in [2.45, 2.75) is 0 Å². The Morgan fingerprint density at radius 3 is 1.28 bits per heavy atom. The van der Waals surface area contributed by atoms with Gasteiger partial charge in [0.1, 0.15) is 0 Å². The molecule has 0 spiro atoms. The van der Waals surface area contributed by atoms with Crippen LogP contribution in [0.1, 0.15) is 0 Å². The van der Waals surface area contributed by atoms with Gasteiger partial charge in [0, 0.05) is 110 Å². The van der Waals surface area contributed by atoms with Crippen LogP contribution in [0.25, 0.3) is 21.5 Å². The number of hydrogen-bond acceptors (Lipinski definition) is 6. The van der Waals surface area contributed by atoms with E-state index >= 15 is 0 Å². The third-order valence-electron chi connectivity index (χ3n) is 10.4. The number of piperazine rings is 4. The van der Waals surface area contributed by atoms with Crippen LogP contribution in [-0.2, 0) is 0 Å². The molecule has 4 aliphatic rings. The first-order valence-corrected chi connectivity index (χ1v) is 17.3. The lowest BCUT2D eigenvalue weighted by Gasteiger charge is -2.42. The molecule has 0 N–H and O–H groups in total. The van der Waals surface area contributed by atoms with Gasteiger partial charge in [0.25, 0.3) is 0 Å². The zero-order valence-corrected chi connectivity index (χ0v) is 28.4. The Hall–Kier alpha value is -3.44. The van der Waals surface area contributed by atoms with Crippen LogP contribution in [-0.4, -0.2) is 184 Å². The molecule has 4 fully saturated rings. The van der Waals surface area contributed by atoms with E-state index in [0.717, 1.165) is 133 Å². The molecule has 7 rings (SSSR count). The predicted octanol–water partition coefficient (Wildman–Crippen LogP) is 2.96. The van der Waals surface area contributed by atoms with Crippen LogP contribution in [0.3, 0.4) is 0 Å². The van der Waals surface area contributed by atoms with Gasteiger partial charge in [-0.05, 0) is 56.5 Å². The first kappa shape index (κ1) is 31.2. The summed E-state index contributed by atoms with van der Waals surface area (Å²) in [6.07, 6.45) is 0. The lowest BCUT2D eigenvalue weighted by atomic mass is 9.99. The fourth-order valence-electron chi connectivity index (χ4n) is 7.23. The van der Waals surface area contributed by atoms with Crippen LogP contribution < -0.4 is 0 Å². The maximum absolute atomic E-state index is 5.67. The number of hydrogen-bond donors (Lipinski definition) is 0. The Morgan fingerprint density at radius 1 is 0.435 bits per heavy atom. The van der Waals surface area contributed by atoms with Gasteiger partial charge in [0.05, 0.1) is 11.4 Å². The second-order valence-corrected chi connectivity index (χ2v) is 13.8. The minimum absolute atomic E-state index is 0.995. The summed E-state index contributed by atoms with van der Waals surface area (Å²) in [6, 6.07) is 17.8. The van der Waals surface area contributed by atoms with Crippen molar-refractivity contribution in [3.05, 3.63) is 48.5 Å². The molecule has 0 unspecified atom stereocenters. The number of fused-ring (bicyclic) bond motifs is 3. The van der Waals surface area contributed by atoms with Crippen LogP contribution in [0.2, 0.25) is 0 Å². The molecule has 10 nitrogen and oxygen atoms in total.